The number of rotatable bonds is 8. The number of aromatic carboxylic acids is 2. The summed E-state index contributed by atoms with van der Waals surface area (Å²) in [5, 5.41) is 20.1. The monoisotopic (exact) mass is 562 g/mol. The molecule has 122 valence electrons. The quantitative estimate of drug-likeness (QED) is 0.456. The molecule has 0 aliphatic rings. The van der Waals surface area contributed by atoms with Crippen LogP contribution in [-0.4, -0.2) is 42.5 Å². The molecule has 0 radical (unpaired) electrons. The van der Waals surface area contributed by atoms with Gasteiger partial charge >= 0.3 is 11.9 Å². The first kappa shape index (κ1) is 20.1. The average Bonchev–Trinajstić information content (AvgIpc) is 2.47. The lowest BCUT2D eigenvalue weighted by Gasteiger charge is -2.19. The average molecular weight is 566 g/mol. The summed E-state index contributed by atoms with van der Waals surface area (Å²) < 4.78 is 0. The van der Waals surface area contributed by atoms with Crippen molar-refractivity contribution in [1.82, 2.24) is 0 Å². The first-order valence-corrected chi connectivity index (χ1v) is 10.4. The molecule has 0 fully saturated rings. The highest BCUT2D eigenvalue weighted by Gasteiger charge is 2.23. The zero-order valence-electron chi connectivity index (χ0n) is 11.4. The van der Waals surface area contributed by atoms with Crippen LogP contribution in [0.5, 0.6) is 0 Å². The Bertz CT molecular complexity index is 513. The van der Waals surface area contributed by atoms with E-state index < -0.39 is 11.9 Å². The maximum atomic E-state index is 11.5. The highest BCUT2D eigenvalue weighted by atomic mass is 79.9. The fourth-order valence-corrected chi connectivity index (χ4v) is 3.22. The van der Waals surface area contributed by atoms with E-state index in [1.165, 1.54) is 12.1 Å². The highest BCUT2D eigenvalue weighted by molar-refractivity contribution is 9.12. The molecule has 0 amide bonds. The standard InChI is InChI=1S/C14H14Br4O4/c15-5-7(17)3-11-9(13(19)20)1-2-10(14(21)22)12(11)4-8(18)6-16/h1-2,7-8H,3-6H2,(H,19,20)(H,21,22). The summed E-state index contributed by atoms with van der Waals surface area (Å²) in [5.74, 6) is -2.10. The zero-order chi connectivity index (χ0) is 16.9. The van der Waals surface area contributed by atoms with Crippen LogP contribution in [0.15, 0.2) is 12.1 Å². The Balaban J connectivity index is 3.50. The van der Waals surface area contributed by atoms with E-state index in [0.717, 1.165) is 0 Å². The van der Waals surface area contributed by atoms with Gasteiger partial charge in [-0.1, -0.05) is 63.7 Å². The number of benzene rings is 1. The molecule has 8 heteroatoms. The van der Waals surface area contributed by atoms with Gasteiger partial charge in [0.2, 0.25) is 0 Å². The van der Waals surface area contributed by atoms with Crippen LogP contribution in [0, 0.1) is 0 Å². The number of carboxylic acids is 2. The van der Waals surface area contributed by atoms with Crippen LogP contribution in [-0.2, 0) is 12.8 Å². The molecule has 0 saturated carbocycles. The topological polar surface area (TPSA) is 74.6 Å². The van der Waals surface area contributed by atoms with E-state index in [-0.39, 0.29) is 20.8 Å². The molecule has 0 aliphatic carbocycles. The molecule has 0 bridgehead atoms. The van der Waals surface area contributed by atoms with Gasteiger partial charge in [-0.25, -0.2) is 9.59 Å². The second-order valence-corrected chi connectivity index (χ2v) is 8.52. The van der Waals surface area contributed by atoms with Crippen molar-refractivity contribution in [2.45, 2.75) is 22.5 Å². The predicted octanol–water partition coefficient (Wildman–Crippen LogP) is 4.48. The van der Waals surface area contributed by atoms with Crippen LogP contribution in [0.3, 0.4) is 0 Å². The first-order chi connectivity index (χ1) is 10.3. The maximum Gasteiger partial charge on any atom is 0.335 e. The van der Waals surface area contributed by atoms with Crippen LogP contribution in [0.25, 0.3) is 0 Å². The summed E-state index contributed by atoms with van der Waals surface area (Å²) in [6.07, 6.45) is 0.872. The Morgan fingerprint density at radius 3 is 1.41 bits per heavy atom. The number of alkyl halides is 4. The van der Waals surface area contributed by atoms with E-state index in [1.807, 2.05) is 0 Å². The van der Waals surface area contributed by atoms with Crippen molar-refractivity contribution in [3.8, 4) is 0 Å². The van der Waals surface area contributed by atoms with E-state index in [1.54, 1.807) is 0 Å². The SMILES string of the molecule is O=C(O)c1ccc(C(=O)O)c(CC(Br)CBr)c1CC(Br)CBr. The number of halogens is 4. The predicted molar refractivity (Wildman–Crippen MR) is 101 cm³/mol. The van der Waals surface area contributed by atoms with Gasteiger partial charge in [-0.2, -0.15) is 0 Å². The van der Waals surface area contributed by atoms with Crippen LogP contribution in [0.2, 0.25) is 0 Å². The van der Waals surface area contributed by atoms with Gasteiger partial charge in [-0.05, 0) is 36.1 Å². The van der Waals surface area contributed by atoms with Crippen LogP contribution in [0.1, 0.15) is 31.8 Å². The van der Waals surface area contributed by atoms with Crippen LogP contribution in [0.4, 0.5) is 0 Å². The third-order valence-electron chi connectivity index (χ3n) is 3.08. The summed E-state index contributed by atoms with van der Waals surface area (Å²) in [6.45, 7) is 0. The molecule has 0 heterocycles. The van der Waals surface area contributed by atoms with Crippen LogP contribution >= 0.6 is 63.7 Å². The van der Waals surface area contributed by atoms with Gasteiger partial charge in [-0.3, -0.25) is 0 Å². The fourth-order valence-electron chi connectivity index (χ4n) is 2.11. The lowest BCUT2D eigenvalue weighted by molar-refractivity contribution is 0.0679. The molecular weight excluding hydrogens is 552 g/mol. The Morgan fingerprint density at radius 1 is 0.864 bits per heavy atom. The van der Waals surface area contributed by atoms with Crippen molar-refractivity contribution < 1.29 is 19.8 Å². The van der Waals surface area contributed by atoms with Crippen molar-refractivity contribution in [1.29, 1.82) is 0 Å². The molecule has 1 rings (SSSR count). The van der Waals surface area contributed by atoms with Gasteiger partial charge in [-0.15, -0.1) is 0 Å². The summed E-state index contributed by atoms with van der Waals surface area (Å²) >= 11 is 13.6. The normalized spacial score (nSPS) is 13.6. The van der Waals surface area contributed by atoms with Crippen LogP contribution < -0.4 is 0 Å². The fraction of sp³-hybridized carbons (Fsp3) is 0.429. The Hall–Kier alpha value is 0.0800. The molecule has 0 aromatic heterocycles. The van der Waals surface area contributed by atoms with E-state index in [0.29, 0.717) is 34.6 Å². The van der Waals surface area contributed by atoms with E-state index in [2.05, 4.69) is 63.7 Å². The van der Waals surface area contributed by atoms with E-state index in [9.17, 15) is 19.8 Å². The lowest BCUT2D eigenvalue weighted by Crippen LogP contribution is -2.18. The molecule has 2 unspecified atom stereocenters. The molecule has 2 N–H and O–H groups in total. The molecule has 1 aromatic carbocycles. The van der Waals surface area contributed by atoms with Crippen molar-refractivity contribution in [3.05, 3.63) is 34.4 Å². The first-order valence-electron chi connectivity index (χ1n) is 6.33. The minimum atomic E-state index is -1.05. The second-order valence-electron chi connectivity index (χ2n) is 4.64. The molecule has 4 nitrogen and oxygen atoms in total. The Labute approximate surface area is 162 Å². The molecule has 2 atom stereocenters. The van der Waals surface area contributed by atoms with E-state index in [4.69, 9.17) is 0 Å². The maximum absolute atomic E-state index is 11.5. The third kappa shape index (κ3) is 5.32. The summed E-state index contributed by atoms with van der Waals surface area (Å²) in [5.41, 5.74) is 1.44. The van der Waals surface area contributed by atoms with Crippen molar-refractivity contribution in [3.63, 3.8) is 0 Å². The number of hydrogen-bond donors (Lipinski definition) is 2. The van der Waals surface area contributed by atoms with Crippen molar-refractivity contribution in [2.75, 3.05) is 10.7 Å². The van der Waals surface area contributed by atoms with Crippen molar-refractivity contribution in [2.24, 2.45) is 0 Å². The van der Waals surface area contributed by atoms with Gasteiger partial charge < -0.3 is 10.2 Å². The van der Waals surface area contributed by atoms with Crippen molar-refractivity contribution >= 4 is 75.7 Å². The van der Waals surface area contributed by atoms with Gasteiger partial charge in [0.25, 0.3) is 0 Å². The number of carbonyl (C=O) groups is 2. The molecule has 0 aliphatic heterocycles. The second kappa shape index (κ2) is 9.39. The van der Waals surface area contributed by atoms with Gasteiger partial charge in [0.15, 0.2) is 0 Å². The van der Waals surface area contributed by atoms with Gasteiger partial charge in [0, 0.05) is 20.3 Å². The molecule has 22 heavy (non-hydrogen) atoms. The largest absolute Gasteiger partial charge is 0.478 e. The molecule has 1 aromatic rings. The molecule has 0 saturated heterocycles. The Kier molecular flexibility index (Phi) is 8.59. The molecular formula is C14H14Br4O4. The zero-order valence-corrected chi connectivity index (χ0v) is 17.7. The number of carboxylic acid groups (broad SMARTS) is 2. The summed E-state index contributed by atoms with van der Waals surface area (Å²) in [7, 11) is 0. The summed E-state index contributed by atoms with van der Waals surface area (Å²) in [6, 6.07) is 2.74. The summed E-state index contributed by atoms with van der Waals surface area (Å²) in [4.78, 5) is 23.0. The highest BCUT2D eigenvalue weighted by Crippen LogP contribution is 2.27. The Morgan fingerprint density at radius 2 is 1.18 bits per heavy atom. The molecule has 0 spiro atoms. The minimum absolute atomic E-state index is 0.0196. The van der Waals surface area contributed by atoms with Gasteiger partial charge in [0.05, 0.1) is 11.1 Å². The smallest absolute Gasteiger partial charge is 0.335 e. The third-order valence-corrected chi connectivity index (χ3v) is 7.67. The van der Waals surface area contributed by atoms with Gasteiger partial charge in [0.1, 0.15) is 0 Å². The lowest BCUT2D eigenvalue weighted by atomic mass is 9.90. The van der Waals surface area contributed by atoms with E-state index >= 15 is 0 Å². The minimum Gasteiger partial charge on any atom is -0.478 e. The number of hydrogen-bond acceptors (Lipinski definition) is 2.